The Morgan fingerprint density at radius 3 is 2.59 bits per heavy atom. The number of rotatable bonds is 6. The second-order valence-corrected chi connectivity index (χ2v) is 5.83. The van der Waals surface area contributed by atoms with E-state index in [0.717, 1.165) is 23.2 Å². The summed E-state index contributed by atoms with van der Waals surface area (Å²) in [4.78, 5) is 0. The fourth-order valence-electron chi connectivity index (χ4n) is 1.61. The molecule has 0 saturated heterocycles. The Hall–Kier alpha value is -1.07. The zero-order valence-corrected chi connectivity index (χ0v) is 11.4. The predicted octanol–water partition coefficient (Wildman–Crippen LogP) is 1.52. The Bertz CT molecular complexity index is 469. The van der Waals surface area contributed by atoms with Crippen molar-refractivity contribution in [1.82, 2.24) is 5.32 Å². The van der Waals surface area contributed by atoms with Crippen LogP contribution in [0.3, 0.4) is 0 Å². The Morgan fingerprint density at radius 2 is 2.00 bits per heavy atom. The fraction of sp³-hybridized carbons (Fsp3) is 0.500. The summed E-state index contributed by atoms with van der Waals surface area (Å²) in [7, 11) is -1.53. The van der Waals surface area contributed by atoms with Gasteiger partial charge < -0.3 is 5.32 Å². The van der Waals surface area contributed by atoms with Gasteiger partial charge in [0.25, 0.3) is 0 Å². The number of anilines is 1. The molecule has 96 valence electrons. The van der Waals surface area contributed by atoms with Gasteiger partial charge in [-0.15, -0.1) is 0 Å². The minimum absolute atomic E-state index is 0.0843. The van der Waals surface area contributed by atoms with Gasteiger partial charge in [0.1, 0.15) is 0 Å². The van der Waals surface area contributed by atoms with Crippen LogP contribution in [0.25, 0.3) is 0 Å². The number of aryl methyl sites for hydroxylation is 2. The van der Waals surface area contributed by atoms with Crippen LogP contribution in [-0.4, -0.2) is 27.8 Å². The van der Waals surface area contributed by atoms with Crippen molar-refractivity contribution in [2.75, 3.05) is 24.1 Å². The maximum Gasteiger partial charge on any atom is 0.233 e. The normalized spacial score (nSPS) is 11.5. The second kappa shape index (κ2) is 6.02. The summed E-state index contributed by atoms with van der Waals surface area (Å²) in [5.74, 6) is 0.0843. The van der Waals surface area contributed by atoms with Gasteiger partial charge in [-0.2, -0.15) is 0 Å². The van der Waals surface area contributed by atoms with E-state index in [0.29, 0.717) is 6.54 Å². The van der Waals surface area contributed by atoms with Crippen LogP contribution in [0.1, 0.15) is 18.1 Å². The van der Waals surface area contributed by atoms with E-state index in [1.165, 1.54) is 0 Å². The first-order valence-corrected chi connectivity index (χ1v) is 7.39. The third kappa shape index (κ3) is 4.02. The largest absolute Gasteiger partial charge is 0.319 e. The van der Waals surface area contributed by atoms with Gasteiger partial charge in [-0.05, 0) is 31.5 Å². The molecule has 0 fully saturated rings. The van der Waals surface area contributed by atoms with Gasteiger partial charge in [0, 0.05) is 6.54 Å². The Balaban J connectivity index is 2.94. The van der Waals surface area contributed by atoms with E-state index in [2.05, 4.69) is 10.0 Å². The van der Waals surface area contributed by atoms with Gasteiger partial charge in [0.05, 0.1) is 11.4 Å². The van der Waals surface area contributed by atoms with E-state index in [1.54, 1.807) is 7.05 Å². The molecular formula is C12H20N2O2S. The highest BCUT2D eigenvalue weighted by Gasteiger charge is 2.13. The van der Waals surface area contributed by atoms with Gasteiger partial charge in [0.15, 0.2) is 0 Å². The van der Waals surface area contributed by atoms with Crippen molar-refractivity contribution < 1.29 is 8.42 Å². The zero-order valence-electron chi connectivity index (χ0n) is 10.6. The first-order valence-electron chi connectivity index (χ1n) is 5.73. The summed E-state index contributed by atoms with van der Waals surface area (Å²) in [6.07, 6.45) is 0.811. The van der Waals surface area contributed by atoms with Crippen molar-refractivity contribution >= 4 is 15.7 Å². The first-order chi connectivity index (χ1) is 8.00. The van der Waals surface area contributed by atoms with E-state index >= 15 is 0 Å². The monoisotopic (exact) mass is 256 g/mol. The van der Waals surface area contributed by atoms with E-state index in [4.69, 9.17) is 0 Å². The lowest BCUT2D eigenvalue weighted by Crippen LogP contribution is -2.25. The average molecular weight is 256 g/mol. The number of sulfonamides is 1. The molecule has 0 heterocycles. The molecule has 1 aromatic carbocycles. The van der Waals surface area contributed by atoms with Crippen molar-refractivity contribution in [3.8, 4) is 0 Å². The molecule has 5 heteroatoms. The van der Waals surface area contributed by atoms with Gasteiger partial charge in [-0.1, -0.05) is 25.1 Å². The average Bonchev–Trinajstić information content (AvgIpc) is 2.29. The van der Waals surface area contributed by atoms with E-state index in [1.807, 2.05) is 32.0 Å². The molecule has 0 aliphatic carbocycles. The van der Waals surface area contributed by atoms with E-state index in [-0.39, 0.29) is 5.75 Å². The van der Waals surface area contributed by atoms with Crippen LogP contribution in [0.4, 0.5) is 5.69 Å². The van der Waals surface area contributed by atoms with Crippen molar-refractivity contribution in [2.45, 2.75) is 20.3 Å². The van der Waals surface area contributed by atoms with Crippen molar-refractivity contribution in [2.24, 2.45) is 0 Å². The lowest BCUT2D eigenvalue weighted by molar-refractivity contribution is 0.598. The molecule has 0 amide bonds. The van der Waals surface area contributed by atoms with Crippen LogP contribution in [0.5, 0.6) is 0 Å². The molecule has 0 atom stereocenters. The lowest BCUT2D eigenvalue weighted by atomic mass is 10.1. The van der Waals surface area contributed by atoms with Gasteiger partial charge in [-0.3, -0.25) is 4.72 Å². The zero-order chi connectivity index (χ0) is 12.9. The van der Waals surface area contributed by atoms with Gasteiger partial charge in [-0.25, -0.2) is 8.42 Å². The molecule has 0 unspecified atom stereocenters. The highest BCUT2D eigenvalue weighted by atomic mass is 32.2. The predicted molar refractivity (Wildman–Crippen MR) is 71.9 cm³/mol. The summed E-state index contributed by atoms with van der Waals surface area (Å²) >= 11 is 0. The third-order valence-corrected chi connectivity index (χ3v) is 3.88. The smallest absolute Gasteiger partial charge is 0.233 e. The highest BCUT2D eigenvalue weighted by Crippen LogP contribution is 2.22. The maximum absolute atomic E-state index is 11.8. The topological polar surface area (TPSA) is 58.2 Å². The van der Waals surface area contributed by atoms with Crippen LogP contribution < -0.4 is 10.0 Å². The molecule has 17 heavy (non-hydrogen) atoms. The SMILES string of the molecule is CCc1cccc(C)c1NS(=O)(=O)CCNC. The Kier molecular flexibility index (Phi) is 4.96. The second-order valence-electron chi connectivity index (χ2n) is 3.99. The first kappa shape index (κ1) is 14.0. The molecule has 4 nitrogen and oxygen atoms in total. The summed E-state index contributed by atoms with van der Waals surface area (Å²) in [6, 6.07) is 5.80. The maximum atomic E-state index is 11.8. The van der Waals surface area contributed by atoms with Crippen molar-refractivity contribution in [3.63, 3.8) is 0 Å². The lowest BCUT2D eigenvalue weighted by Gasteiger charge is -2.14. The molecule has 0 aromatic heterocycles. The molecule has 0 aliphatic heterocycles. The number of hydrogen-bond acceptors (Lipinski definition) is 3. The summed E-state index contributed by atoms with van der Waals surface area (Å²) < 4.78 is 26.3. The summed E-state index contributed by atoms with van der Waals surface area (Å²) in [5, 5.41) is 2.83. The minimum atomic E-state index is -3.26. The Labute approximate surface area is 103 Å². The van der Waals surface area contributed by atoms with E-state index < -0.39 is 10.0 Å². The third-order valence-electron chi connectivity index (χ3n) is 2.62. The quantitative estimate of drug-likeness (QED) is 0.811. The van der Waals surface area contributed by atoms with Gasteiger partial charge in [0.2, 0.25) is 10.0 Å². The summed E-state index contributed by atoms with van der Waals surface area (Å²) in [5.41, 5.74) is 2.71. The minimum Gasteiger partial charge on any atom is -0.319 e. The molecule has 0 spiro atoms. The summed E-state index contributed by atoms with van der Waals surface area (Å²) in [6.45, 7) is 4.37. The number of hydrogen-bond donors (Lipinski definition) is 2. The fourth-order valence-corrected chi connectivity index (χ4v) is 2.79. The number of nitrogens with one attached hydrogen (secondary N) is 2. The van der Waals surface area contributed by atoms with Crippen LogP contribution in [0.15, 0.2) is 18.2 Å². The van der Waals surface area contributed by atoms with Crippen LogP contribution in [0.2, 0.25) is 0 Å². The number of benzene rings is 1. The molecule has 0 bridgehead atoms. The van der Waals surface area contributed by atoms with Crippen LogP contribution in [0, 0.1) is 6.92 Å². The van der Waals surface area contributed by atoms with Crippen LogP contribution >= 0.6 is 0 Å². The van der Waals surface area contributed by atoms with E-state index in [9.17, 15) is 8.42 Å². The molecule has 0 saturated carbocycles. The highest BCUT2D eigenvalue weighted by molar-refractivity contribution is 7.92. The van der Waals surface area contributed by atoms with Crippen molar-refractivity contribution in [1.29, 1.82) is 0 Å². The van der Waals surface area contributed by atoms with Crippen LogP contribution in [-0.2, 0) is 16.4 Å². The Morgan fingerprint density at radius 1 is 1.29 bits per heavy atom. The van der Waals surface area contributed by atoms with Crippen molar-refractivity contribution in [3.05, 3.63) is 29.3 Å². The molecule has 0 radical (unpaired) electrons. The van der Waals surface area contributed by atoms with Gasteiger partial charge >= 0.3 is 0 Å². The molecule has 1 aromatic rings. The molecule has 0 aliphatic rings. The molecular weight excluding hydrogens is 236 g/mol. The number of para-hydroxylation sites is 1. The molecule has 2 N–H and O–H groups in total. The standard InChI is InChI=1S/C12H20N2O2S/c1-4-11-7-5-6-10(2)12(11)14-17(15,16)9-8-13-3/h5-7,13-14H,4,8-9H2,1-3H3. The molecule has 1 rings (SSSR count).